The standard InChI is InChI=1S/C13H15FN2O5/c14-8-1-2-11(10(5-8)12(18)19)15-13(20)16-3-4-21-7-9(16)6-17/h1-2,5,9,17H,3-4,6-7H2,(H,15,20)(H,18,19). The van der Waals surface area contributed by atoms with E-state index in [0.29, 0.717) is 6.61 Å². The molecule has 1 atom stereocenters. The Labute approximate surface area is 119 Å². The quantitative estimate of drug-likeness (QED) is 0.764. The molecule has 0 aromatic heterocycles. The van der Waals surface area contributed by atoms with Crippen LogP contribution in [-0.2, 0) is 4.74 Å². The fourth-order valence-electron chi connectivity index (χ4n) is 2.06. The van der Waals surface area contributed by atoms with E-state index in [2.05, 4.69) is 5.32 Å². The van der Waals surface area contributed by atoms with Crippen LogP contribution in [0.2, 0.25) is 0 Å². The summed E-state index contributed by atoms with van der Waals surface area (Å²) in [7, 11) is 0. The fraction of sp³-hybridized carbons (Fsp3) is 0.385. The number of carbonyl (C=O) groups is 2. The number of carboxylic acid groups (broad SMARTS) is 1. The third-order valence-electron chi connectivity index (χ3n) is 3.15. The maximum atomic E-state index is 13.1. The van der Waals surface area contributed by atoms with E-state index in [9.17, 15) is 19.1 Å². The van der Waals surface area contributed by atoms with Gasteiger partial charge >= 0.3 is 12.0 Å². The summed E-state index contributed by atoms with van der Waals surface area (Å²) < 4.78 is 18.2. The predicted molar refractivity (Wildman–Crippen MR) is 70.8 cm³/mol. The molecule has 0 spiro atoms. The molecule has 1 heterocycles. The lowest BCUT2D eigenvalue weighted by molar-refractivity contribution is -0.00485. The van der Waals surface area contributed by atoms with Gasteiger partial charge in [-0.3, -0.25) is 0 Å². The van der Waals surface area contributed by atoms with Crippen molar-refractivity contribution in [2.24, 2.45) is 0 Å². The van der Waals surface area contributed by atoms with Gasteiger partial charge in [0.25, 0.3) is 0 Å². The van der Waals surface area contributed by atoms with Gasteiger partial charge in [-0.25, -0.2) is 14.0 Å². The van der Waals surface area contributed by atoms with Gasteiger partial charge in [0.2, 0.25) is 0 Å². The Kier molecular flexibility index (Phi) is 4.71. The number of urea groups is 1. The van der Waals surface area contributed by atoms with Crippen molar-refractivity contribution in [1.82, 2.24) is 4.90 Å². The molecule has 3 N–H and O–H groups in total. The molecule has 1 saturated heterocycles. The second-order valence-electron chi connectivity index (χ2n) is 4.53. The molecular weight excluding hydrogens is 283 g/mol. The third kappa shape index (κ3) is 3.47. The number of nitrogens with one attached hydrogen (secondary N) is 1. The van der Waals surface area contributed by atoms with Crippen molar-refractivity contribution in [2.45, 2.75) is 6.04 Å². The zero-order valence-electron chi connectivity index (χ0n) is 11.1. The number of aliphatic hydroxyl groups excluding tert-OH is 1. The summed E-state index contributed by atoms with van der Waals surface area (Å²) in [6, 6.07) is 2.02. The Bertz CT molecular complexity index is 551. The van der Waals surface area contributed by atoms with Crippen LogP contribution in [0, 0.1) is 5.82 Å². The van der Waals surface area contributed by atoms with Crippen LogP contribution in [-0.4, -0.2) is 59.5 Å². The number of aromatic carboxylic acids is 1. The summed E-state index contributed by atoms with van der Waals surface area (Å²) in [6.45, 7) is 0.557. The molecule has 114 valence electrons. The molecule has 0 saturated carbocycles. The van der Waals surface area contributed by atoms with Crippen molar-refractivity contribution in [3.63, 3.8) is 0 Å². The number of halogens is 1. The minimum absolute atomic E-state index is 0.00270. The number of benzene rings is 1. The molecule has 1 aliphatic rings. The van der Waals surface area contributed by atoms with Crippen LogP contribution < -0.4 is 5.32 Å². The van der Waals surface area contributed by atoms with Crippen molar-refractivity contribution >= 4 is 17.7 Å². The number of morpholine rings is 1. The Morgan fingerprint density at radius 3 is 2.90 bits per heavy atom. The van der Waals surface area contributed by atoms with Gasteiger partial charge in [0.1, 0.15) is 5.82 Å². The average molecular weight is 298 g/mol. The van der Waals surface area contributed by atoms with Gasteiger partial charge in [-0.05, 0) is 18.2 Å². The van der Waals surface area contributed by atoms with Crippen LogP contribution in [0.1, 0.15) is 10.4 Å². The van der Waals surface area contributed by atoms with Crippen LogP contribution in [0.4, 0.5) is 14.9 Å². The van der Waals surface area contributed by atoms with E-state index in [4.69, 9.17) is 9.84 Å². The molecular formula is C13H15FN2O5. The molecule has 7 nitrogen and oxygen atoms in total. The number of aliphatic hydroxyl groups is 1. The molecule has 0 bridgehead atoms. The molecule has 1 fully saturated rings. The van der Waals surface area contributed by atoms with Gasteiger partial charge in [-0.2, -0.15) is 0 Å². The number of hydrogen-bond donors (Lipinski definition) is 3. The number of rotatable bonds is 3. The fourth-order valence-corrected chi connectivity index (χ4v) is 2.06. The minimum atomic E-state index is -1.34. The normalized spacial score (nSPS) is 18.4. The molecule has 1 aliphatic heterocycles. The minimum Gasteiger partial charge on any atom is -0.478 e. The lowest BCUT2D eigenvalue weighted by Crippen LogP contribution is -2.52. The van der Waals surface area contributed by atoms with Crippen molar-refractivity contribution in [3.05, 3.63) is 29.6 Å². The predicted octanol–water partition coefficient (Wildman–Crippen LogP) is 0.749. The molecule has 1 aromatic rings. The van der Waals surface area contributed by atoms with E-state index in [1.807, 2.05) is 0 Å². The van der Waals surface area contributed by atoms with E-state index in [1.165, 1.54) is 11.0 Å². The Balaban J connectivity index is 2.17. The second-order valence-corrected chi connectivity index (χ2v) is 4.53. The Morgan fingerprint density at radius 1 is 1.48 bits per heavy atom. The van der Waals surface area contributed by atoms with E-state index in [1.54, 1.807) is 0 Å². The van der Waals surface area contributed by atoms with Gasteiger partial charge in [-0.15, -0.1) is 0 Å². The summed E-state index contributed by atoms with van der Waals surface area (Å²) in [6.07, 6.45) is 0. The van der Waals surface area contributed by atoms with E-state index >= 15 is 0 Å². The number of anilines is 1. The molecule has 2 rings (SSSR count). The molecule has 1 aromatic carbocycles. The smallest absolute Gasteiger partial charge is 0.337 e. The SMILES string of the molecule is O=C(O)c1cc(F)ccc1NC(=O)N1CCOCC1CO. The molecule has 0 aliphatic carbocycles. The first-order valence-electron chi connectivity index (χ1n) is 6.32. The van der Waals surface area contributed by atoms with E-state index in [0.717, 1.165) is 12.1 Å². The average Bonchev–Trinajstić information content (AvgIpc) is 2.48. The summed E-state index contributed by atoms with van der Waals surface area (Å²) in [5.74, 6) is -2.05. The topological polar surface area (TPSA) is 99.1 Å². The third-order valence-corrected chi connectivity index (χ3v) is 3.15. The first-order valence-corrected chi connectivity index (χ1v) is 6.32. The van der Waals surface area contributed by atoms with Gasteiger partial charge in [-0.1, -0.05) is 0 Å². The zero-order chi connectivity index (χ0) is 15.4. The molecule has 8 heteroatoms. The molecule has 21 heavy (non-hydrogen) atoms. The number of hydrogen-bond acceptors (Lipinski definition) is 4. The summed E-state index contributed by atoms with van der Waals surface area (Å²) >= 11 is 0. The van der Waals surface area contributed by atoms with Crippen LogP contribution in [0.15, 0.2) is 18.2 Å². The van der Waals surface area contributed by atoms with Crippen LogP contribution in [0.5, 0.6) is 0 Å². The Morgan fingerprint density at radius 2 is 2.24 bits per heavy atom. The molecule has 2 amide bonds. The van der Waals surface area contributed by atoms with Crippen LogP contribution >= 0.6 is 0 Å². The highest BCUT2D eigenvalue weighted by Gasteiger charge is 2.27. The number of carboxylic acids is 1. The Hall–Kier alpha value is -2.19. The maximum Gasteiger partial charge on any atom is 0.337 e. The van der Waals surface area contributed by atoms with Crippen molar-refractivity contribution < 1.29 is 28.9 Å². The highest BCUT2D eigenvalue weighted by atomic mass is 19.1. The van der Waals surface area contributed by atoms with Gasteiger partial charge in [0, 0.05) is 6.54 Å². The van der Waals surface area contributed by atoms with E-state index in [-0.39, 0.29) is 31.0 Å². The monoisotopic (exact) mass is 298 g/mol. The van der Waals surface area contributed by atoms with Crippen molar-refractivity contribution in [3.8, 4) is 0 Å². The van der Waals surface area contributed by atoms with Gasteiger partial charge in [0.15, 0.2) is 0 Å². The summed E-state index contributed by atoms with van der Waals surface area (Å²) in [4.78, 5) is 24.6. The number of nitrogens with zero attached hydrogens (tertiary/aromatic N) is 1. The number of ether oxygens (including phenoxy) is 1. The second kappa shape index (κ2) is 6.51. The van der Waals surface area contributed by atoms with Crippen LogP contribution in [0.3, 0.4) is 0 Å². The first-order chi connectivity index (χ1) is 10.0. The molecule has 0 radical (unpaired) electrons. The number of amides is 2. The van der Waals surface area contributed by atoms with Crippen molar-refractivity contribution in [2.75, 3.05) is 31.7 Å². The lowest BCUT2D eigenvalue weighted by atomic mass is 10.1. The molecule has 1 unspecified atom stereocenters. The first kappa shape index (κ1) is 15.2. The van der Waals surface area contributed by atoms with Gasteiger partial charge in [0.05, 0.1) is 37.1 Å². The summed E-state index contributed by atoms with van der Waals surface area (Å²) in [5, 5.41) is 20.7. The van der Waals surface area contributed by atoms with E-state index < -0.39 is 23.9 Å². The lowest BCUT2D eigenvalue weighted by Gasteiger charge is -2.34. The number of carbonyl (C=O) groups excluding carboxylic acids is 1. The maximum absolute atomic E-state index is 13.1. The van der Waals surface area contributed by atoms with Gasteiger partial charge < -0.3 is 25.2 Å². The highest BCUT2D eigenvalue weighted by Crippen LogP contribution is 2.18. The van der Waals surface area contributed by atoms with Crippen LogP contribution in [0.25, 0.3) is 0 Å². The van der Waals surface area contributed by atoms with Crippen molar-refractivity contribution in [1.29, 1.82) is 0 Å². The largest absolute Gasteiger partial charge is 0.478 e. The summed E-state index contributed by atoms with van der Waals surface area (Å²) in [5.41, 5.74) is -0.339. The zero-order valence-corrected chi connectivity index (χ0v) is 11.1. The highest BCUT2D eigenvalue weighted by molar-refractivity contribution is 6.00.